The second-order valence-corrected chi connectivity index (χ2v) is 3.52. The fourth-order valence-electron chi connectivity index (χ4n) is 1.19. The Balaban J connectivity index is 2.58. The Morgan fingerprint density at radius 2 is 2.18 bits per heavy atom. The van der Waals surface area contributed by atoms with Crippen LogP contribution in [0.2, 0.25) is 0 Å². The molecular weight excluding hydrogens is 223 g/mol. The van der Waals surface area contributed by atoms with Crippen molar-refractivity contribution in [3.8, 4) is 5.75 Å². The Morgan fingerprint density at radius 3 is 2.82 bits per heavy atom. The lowest BCUT2D eigenvalue weighted by atomic mass is 10.2. The summed E-state index contributed by atoms with van der Waals surface area (Å²) in [4.78, 5) is 11.2. The van der Waals surface area contributed by atoms with Crippen LogP contribution in [0.4, 0.5) is 4.39 Å². The number of rotatable bonds is 5. The van der Waals surface area contributed by atoms with Gasteiger partial charge in [-0.05, 0) is 25.5 Å². The summed E-state index contributed by atoms with van der Waals surface area (Å²) in [5.41, 5.74) is 0.999. The van der Waals surface area contributed by atoms with E-state index in [4.69, 9.17) is 9.47 Å². The Kier molecular flexibility index (Phi) is 4.69. The van der Waals surface area contributed by atoms with Crippen molar-refractivity contribution < 1.29 is 18.7 Å². The summed E-state index contributed by atoms with van der Waals surface area (Å²) in [6.07, 6.45) is 0. The van der Waals surface area contributed by atoms with Crippen LogP contribution in [0.5, 0.6) is 5.75 Å². The largest absolute Gasteiger partial charge is 0.488 e. The molecule has 0 saturated heterocycles. The third kappa shape index (κ3) is 3.90. The first-order valence-electron chi connectivity index (χ1n) is 5.28. The Hall–Kier alpha value is -1.84. The van der Waals surface area contributed by atoms with Gasteiger partial charge >= 0.3 is 5.97 Å². The van der Waals surface area contributed by atoms with Crippen LogP contribution in [0.15, 0.2) is 30.4 Å². The summed E-state index contributed by atoms with van der Waals surface area (Å²) >= 11 is 0. The molecule has 3 nitrogen and oxygen atoms in total. The Bertz CT molecular complexity index is 427. The van der Waals surface area contributed by atoms with Crippen LogP contribution in [-0.2, 0) is 9.53 Å². The number of carbonyl (C=O) groups excluding carboxylic acids is 1. The van der Waals surface area contributed by atoms with E-state index in [1.165, 1.54) is 12.1 Å². The standard InChI is InChI=1S/C13H15FO3/c1-4-16-13(15)10(3)8-17-12-7-11(14)6-5-9(12)2/h5-7H,3-4,8H2,1-2H3. The summed E-state index contributed by atoms with van der Waals surface area (Å²) in [6, 6.07) is 4.23. The van der Waals surface area contributed by atoms with Gasteiger partial charge in [-0.2, -0.15) is 0 Å². The van der Waals surface area contributed by atoms with Gasteiger partial charge < -0.3 is 9.47 Å². The molecule has 0 saturated carbocycles. The lowest BCUT2D eigenvalue weighted by molar-refractivity contribution is -0.138. The Morgan fingerprint density at radius 1 is 1.47 bits per heavy atom. The van der Waals surface area contributed by atoms with Crippen LogP contribution in [0, 0.1) is 12.7 Å². The van der Waals surface area contributed by atoms with E-state index in [0.29, 0.717) is 5.75 Å². The van der Waals surface area contributed by atoms with Crippen molar-refractivity contribution in [1.29, 1.82) is 0 Å². The number of aryl methyl sites for hydroxylation is 1. The quantitative estimate of drug-likeness (QED) is 0.584. The highest BCUT2D eigenvalue weighted by Gasteiger charge is 2.09. The lowest BCUT2D eigenvalue weighted by Crippen LogP contribution is -2.13. The van der Waals surface area contributed by atoms with Crippen LogP contribution in [0.1, 0.15) is 12.5 Å². The maximum absolute atomic E-state index is 13.0. The van der Waals surface area contributed by atoms with Gasteiger partial charge in [-0.3, -0.25) is 0 Å². The number of esters is 1. The molecule has 1 aromatic carbocycles. The number of ether oxygens (including phenoxy) is 2. The highest BCUT2D eigenvalue weighted by Crippen LogP contribution is 2.19. The predicted molar refractivity (Wildman–Crippen MR) is 62.4 cm³/mol. The van der Waals surface area contributed by atoms with Gasteiger partial charge in [-0.15, -0.1) is 0 Å². The van der Waals surface area contributed by atoms with E-state index in [0.717, 1.165) is 5.56 Å². The zero-order valence-corrected chi connectivity index (χ0v) is 9.96. The number of hydrogen-bond donors (Lipinski definition) is 0. The maximum atomic E-state index is 13.0. The number of hydrogen-bond acceptors (Lipinski definition) is 3. The van der Waals surface area contributed by atoms with Crippen LogP contribution in [-0.4, -0.2) is 19.2 Å². The van der Waals surface area contributed by atoms with Crippen molar-refractivity contribution in [3.63, 3.8) is 0 Å². The van der Waals surface area contributed by atoms with Crippen molar-refractivity contribution in [2.24, 2.45) is 0 Å². The van der Waals surface area contributed by atoms with Gasteiger partial charge in [0.05, 0.1) is 12.2 Å². The minimum Gasteiger partial charge on any atom is -0.488 e. The predicted octanol–water partition coefficient (Wildman–Crippen LogP) is 2.63. The normalized spacial score (nSPS) is 9.82. The maximum Gasteiger partial charge on any atom is 0.336 e. The number of benzene rings is 1. The van der Waals surface area contributed by atoms with E-state index in [-0.39, 0.29) is 24.6 Å². The van der Waals surface area contributed by atoms with Gasteiger partial charge in [0, 0.05) is 6.07 Å². The third-order valence-electron chi connectivity index (χ3n) is 2.12. The molecule has 0 aliphatic heterocycles. The fraction of sp³-hybridized carbons (Fsp3) is 0.308. The summed E-state index contributed by atoms with van der Waals surface area (Å²) in [6.45, 7) is 7.33. The fourth-order valence-corrected chi connectivity index (χ4v) is 1.19. The summed E-state index contributed by atoms with van der Waals surface area (Å²) in [5.74, 6) is -0.482. The Labute approximate surface area is 99.9 Å². The van der Waals surface area contributed by atoms with Crippen LogP contribution in [0.25, 0.3) is 0 Å². The van der Waals surface area contributed by atoms with Crippen LogP contribution in [0.3, 0.4) is 0 Å². The first-order chi connectivity index (χ1) is 8.04. The van der Waals surface area contributed by atoms with Gasteiger partial charge in [0.2, 0.25) is 0 Å². The molecule has 0 amide bonds. The average Bonchev–Trinajstić information content (AvgIpc) is 2.30. The molecule has 0 radical (unpaired) electrons. The van der Waals surface area contributed by atoms with Crippen molar-refractivity contribution in [1.82, 2.24) is 0 Å². The summed E-state index contributed by atoms with van der Waals surface area (Å²) < 4.78 is 23.0. The monoisotopic (exact) mass is 238 g/mol. The van der Waals surface area contributed by atoms with E-state index >= 15 is 0 Å². The first kappa shape index (κ1) is 13.2. The molecule has 17 heavy (non-hydrogen) atoms. The molecule has 0 bridgehead atoms. The molecule has 4 heteroatoms. The second kappa shape index (κ2) is 6.03. The molecule has 92 valence electrons. The molecule has 0 aromatic heterocycles. The van der Waals surface area contributed by atoms with Gasteiger partial charge in [0.25, 0.3) is 0 Å². The van der Waals surface area contributed by atoms with Crippen LogP contribution >= 0.6 is 0 Å². The third-order valence-corrected chi connectivity index (χ3v) is 2.12. The molecule has 0 aliphatic rings. The average molecular weight is 238 g/mol. The van der Waals surface area contributed by atoms with E-state index in [1.54, 1.807) is 19.9 Å². The molecule has 1 aromatic rings. The molecule has 0 unspecified atom stereocenters. The van der Waals surface area contributed by atoms with E-state index in [9.17, 15) is 9.18 Å². The van der Waals surface area contributed by atoms with Crippen molar-refractivity contribution in [3.05, 3.63) is 41.7 Å². The molecule has 0 atom stereocenters. The van der Waals surface area contributed by atoms with Crippen molar-refractivity contribution in [2.75, 3.05) is 13.2 Å². The van der Waals surface area contributed by atoms with Crippen molar-refractivity contribution in [2.45, 2.75) is 13.8 Å². The highest BCUT2D eigenvalue weighted by atomic mass is 19.1. The van der Waals surface area contributed by atoms with E-state index < -0.39 is 5.97 Å². The lowest BCUT2D eigenvalue weighted by Gasteiger charge is -2.10. The molecule has 0 spiro atoms. The van der Waals surface area contributed by atoms with Crippen molar-refractivity contribution >= 4 is 5.97 Å². The zero-order valence-electron chi connectivity index (χ0n) is 9.96. The zero-order chi connectivity index (χ0) is 12.8. The molecule has 0 heterocycles. The van der Waals surface area contributed by atoms with Gasteiger partial charge in [0.15, 0.2) is 0 Å². The summed E-state index contributed by atoms with van der Waals surface area (Å²) in [5, 5.41) is 0. The van der Waals surface area contributed by atoms with E-state index in [2.05, 4.69) is 6.58 Å². The van der Waals surface area contributed by atoms with Gasteiger partial charge in [-0.1, -0.05) is 12.6 Å². The molecule has 1 rings (SSSR count). The minimum atomic E-state index is -0.499. The van der Waals surface area contributed by atoms with Gasteiger partial charge in [-0.25, -0.2) is 9.18 Å². The molecule has 0 N–H and O–H groups in total. The number of halogens is 1. The molecule has 0 fully saturated rings. The molecule has 0 aliphatic carbocycles. The smallest absolute Gasteiger partial charge is 0.336 e. The topological polar surface area (TPSA) is 35.5 Å². The van der Waals surface area contributed by atoms with Crippen LogP contribution < -0.4 is 4.74 Å². The first-order valence-corrected chi connectivity index (χ1v) is 5.28. The second-order valence-electron chi connectivity index (χ2n) is 3.52. The molecular formula is C13H15FO3. The van der Waals surface area contributed by atoms with E-state index in [1.807, 2.05) is 0 Å². The number of carbonyl (C=O) groups is 1. The highest BCUT2D eigenvalue weighted by molar-refractivity contribution is 5.88. The SMILES string of the molecule is C=C(COc1cc(F)ccc1C)C(=O)OCC. The van der Waals surface area contributed by atoms with Gasteiger partial charge in [0.1, 0.15) is 18.2 Å². The summed E-state index contributed by atoms with van der Waals surface area (Å²) in [7, 11) is 0. The minimum absolute atomic E-state index is 0.0108.